The minimum Gasteiger partial charge on any atom is -0.207 e. The summed E-state index contributed by atoms with van der Waals surface area (Å²) < 4.78 is 79.2. The van der Waals surface area contributed by atoms with E-state index in [4.69, 9.17) is 0 Å². The van der Waals surface area contributed by atoms with E-state index < -0.39 is 29.1 Å². The van der Waals surface area contributed by atoms with Crippen molar-refractivity contribution in [1.29, 1.82) is 0 Å². The standard InChI is InChI=1S/C20H25F3.C20H26F2.C20H27F.C2H6/c21-18-12-17(13-19(22)20(18)23)16-10-8-15(9-11-16)7-6-14-4-2-1-3-5-14;21-19-13-12-18(14-20(19)22)17-10-8-16(9-11-17)7-6-15-4-2-1-3-5-15;21-20-14-12-19(13-15-20)18-10-8-17(9-11-18)7-6-16-4-2-1-3-5-16;1-2/h6-7,12-16H,1-5,8-11H2;6-7,12-17H,1-5,8-11H2;6-7,12-18H,1-5,8-11H2;1-2H3/b3*7-6+;. The SMILES string of the molecule is CC.Fc1cc(C2CCC(/C=C/C3CCCCC3)CC2)cc(F)c1F.Fc1ccc(C2CCC(/C=C/C3CCCCC3)CC2)cc1.Fc1ccc(C2CCC(/C=C/C3CCCCC3)CC2)cc1F. The molecule has 0 N–H and O–H groups in total. The summed E-state index contributed by atoms with van der Waals surface area (Å²) >= 11 is 0. The van der Waals surface area contributed by atoms with Gasteiger partial charge < -0.3 is 0 Å². The Hall–Kier alpha value is -3.54. The van der Waals surface area contributed by atoms with E-state index >= 15 is 0 Å². The predicted octanol–water partition coefficient (Wildman–Crippen LogP) is 20.2. The van der Waals surface area contributed by atoms with E-state index in [9.17, 15) is 26.3 Å². The Labute approximate surface area is 408 Å². The van der Waals surface area contributed by atoms with Crippen LogP contribution in [0.2, 0.25) is 0 Å². The van der Waals surface area contributed by atoms with Crippen molar-refractivity contribution in [2.24, 2.45) is 35.5 Å². The van der Waals surface area contributed by atoms with Crippen LogP contribution in [-0.2, 0) is 0 Å². The molecule has 0 nitrogen and oxygen atoms in total. The summed E-state index contributed by atoms with van der Waals surface area (Å²) in [6, 6.07) is 13.9. The van der Waals surface area contributed by atoms with Crippen LogP contribution >= 0.6 is 0 Å². The van der Waals surface area contributed by atoms with Gasteiger partial charge in [-0.3, -0.25) is 0 Å². The zero-order chi connectivity index (χ0) is 48.1. The quantitative estimate of drug-likeness (QED) is 0.114. The summed E-state index contributed by atoms with van der Waals surface area (Å²) in [6.07, 6.45) is 49.0. The van der Waals surface area contributed by atoms with Crippen molar-refractivity contribution in [2.75, 3.05) is 0 Å². The van der Waals surface area contributed by atoms with Crippen molar-refractivity contribution in [3.63, 3.8) is 0 Å². The Balaban J connectivity index is 0.000000165. The lowest BCUT2D eigenvalue weighted by molar-refractivity contribution is 0.366. The fraction of sp³-hybridized carbons (Fsp3) is 0.613. The van der Waals surface area contributed by atoms with E-state index in [2.05, 4.69) is 36.5 Å². The Bertz CT molecular complexity index is 1930. The summed E-state index contributed by atoms with van der Waals surface area (Å²) in [7, 11) is 0. The van der Waals surface area contributed by atoms with Crippen LogP contribution in [0.15, 0.2) is 91.1 Å². The monoisotopic (exact) mass is 943 g/mol. The molecule has 0 saturated heterocycles. The third-order valence-electron chi connectivity index (χ3n) is 16.5. The normalized spacial score (nSPS) is 26.6. The Morgan fingerprint density at radius 2 is 0.588 bits per heavy atom. The van der Waals surface area contributed by atoms with Gasteiger partial charge in [-0.25, -0.2) is 26.3 Å². The highest BCUT2D eigenvalue weighted by atomic mass is 19.2. The van der Waals surface area contributed by atoms with Gasteiger partial charge in [0.25, 0.3) is 0 Å². The largest absolute Gasteiger partial charge is 0.207 e. The van der Waals surface area contributed by atoms with E-state index in [1.54, 1.807) is 18.2 Å². The maximum Gasteiger partial charge on any atom is 0.194 e. The van der Waals surface area contributed by atoms with Crippen LogP contribution < -0.4 is 0 Å². The molecule has 0 atom stereocenters. The van der Waals surface area contributed by atoms with Crippen LogP contribution in [0.1, 0.15) is 222 Å². The van der Waals surface area contributed by atoms with Gasteiger partial charge in [0.2, 0.25) is 0 Å². The van der Waals surface area contributed by atoms with Gasteiger partial charge in [0, 0.05) is 0 Å². The van der Waals surface area contributed by atoms with Crippen molar-refractivity contribution in [2.45, 2.75) is 205 Å². The summed E-state index contributed by atoms with van der Waals surface area (Å²) in [5.41, 5.74) is 2.90. The van der Waals surface area contributed by atoms with Gasteiger partial charge in [-0.2, -0.15) is 0 Å². The van der Waals surface area contributed by atoms with Crippen LogP contribution in [-0.4, -0.2) is 0 Å². The molecule has 9 rings (SSSR count). The lowest BCUT2D eigenvalue weighted by atomic mass is 9.78. The van der Waals surface area contributed by atoms with Gasteiger partial charge in [0.15, 0.2) is 29.1 Å². The third kappa shape index (κ3) is 17.4. The molecule has 0 unspecified atom stereocenters. The number of hydrogen-bond acceptors (Lipinski definition) is 0. The van der Waals surface area contributed by atoms with Crippen molar-refractivity contribution < 1.29 is 26.3 Å². The molecule has 6 heteroatoms. The molecule has 3 aromatic carbocycles. The number of benzene rings is 3. The van der Waals surface area contributed by atoms with Crippen LogP contribution in [0.4, 0.5) is 26.3 Å². The molecule has 0 heterocycles. The first kappa shape index (κ1) is 53.8. The van der Waals surface area contributed by atoms with E-state index in [0.29, 0.717) is 29.2 Å². The second-order valence-corrected chi connectivity index (χ2v) is 21.2. The molecule has 0 amide bonds. The van der Waals surface area contributed by atoms with Crippen molar-refractivity contribution in [3.05, 3.63) is 143 Å². The Morgan fingerprint density at radius 3 is 0.941 bits per heavy atom. The first-order chi connectivity index (χ1) is 33.2. The molecular formula is C62H84F6. The van der Waals surface area contributed by atoms with Crippen LogP contribution in [0, 0.1) is 70.4 Å². The molecule has 0 spiro atoms. The maximum atomic E-state index is 13.4. The molecule has 6 aliphatic rings. The second kappa shape index (κ2) is 29.0. The second-order valence-electron chi connectivity index (χ2n) is 21.2. The van der Waals surface area contributed by atoms with E-state index in [-0.39, 0.29) is 11.7 Å². The van der Waals surface area contributed by atoms with Crippen LogP contribution in [0.3, 0.4) is 0 Å². The fourth-order valence-corrected chi connectivity index (χ4v) is 12.2. The molecular weight excluding hydrogens is 859 g/mol. The predicted molar refractivity (Wildman–Crippen MR) is 272 cm³/mol. The number of halogens is 6. The smallest absolute Gasteiger partial charge is 0.194 e. The lowest BCUT2D eigenvalue weighted by Gasteiger charge is -2.28. The molecule has 6 aliphatic carbocycles. The van der Waals surface area contributed by atoms with Gasteiger partial charge in [0.1, 0.15) is 5.82 Å². The van der Waals surface area contributed by atoms with Gasteiger partial charge in [-0.05, 0) is 222 Å². The van der Waals surface area contributed by atoms with E-state index in [1.807, 2.05) is 26.0 Å². The molecule has 3 aromatic rings. The van der Waals surface area contributed by atoms with E-state index in [1.165, 1.54) is 165 Å². The van der Waals surface area contributed by atoms with Crippen molar-refractivity contribution in [1.82, 2.24) is 0 Å². The minimum atomic E-state index is -1.36. The molecule has 0 aliphatic heterocycles. The molecule has 0 radical (unpaired) electrons. The maximum absolute atomic E-state index is 13.4. The van der Waals surface area contributed by atoms with Gasteiger partial charge in [-0.15, -0.1) is 0 Å². The average molecular weight is 943 g/mol. The highest BCUT2D eigenvalue weighted by Gasteiger charge is 2.26. The van der Waals surface area contributed by atoms with Gasteiger partial charge >= 0.3 is 0 Å². The number of hydrogen-bond donors (Lipinski definition) is 0. The van der Waals surface area contributed by atoms with Crippen LogP contribution in [0.5, 0.6) is 0 Å². The molecule has 6 saturated carbocycles. The molecule has 374 valence electrons. The Morgan fingerprint density at radius 1 is 0.294 bits per heavy atom. The van der Waals surface area contributed by atoms with Crippen molar-refractivity contribution >= 4 is 0 Å². The summed E-state index contributed by atoms with van der Waals surface area (Å²) in [5.74, 6) is 0.575. The molecule has 6 fully saturated rings. The fourth-order valence-electron chi connectivity index (χ4n) is 12.2. The minimum absolute atomic E-state index is 0.122. The topological polar surface area (TPSA) is 0 Å². The number of allylic oxidation sites excluding steroid dienone is 6. The molecule has 0 aromatic heterocycles. The summed E-state index contributed by atoms with van der Waals surface area (Å²) in [5, 5.41) is 0. The zero-order valence-electron chi connectivity index (χ0n) is 41.7. The number of rotatable bonds is 9. The van der Waals surface area contributed by atoms with Gasteiger partial charge in [0.05, 0.1) is 0 Å². The van der Waals surface area contributed by atoms with Crippen molar-refractivity contribution in [3.8, 4) is 0 Å². The average Bonchev–Trinajstić information content (AvgIpc) is 3.39. The summed E-state index contributed by atoms with van der Waals surface area (Å²) in [6.45, 7) is 4.00. The van der Waals surface area contributed by atoms with Crippen LogP contribution in [0.25, 0.3) is 0 Å². The highest BCUT2D eigenvalue weighted by molar-refractivity contribution is 5.25. The van der Waals surface area contributed by atoms with Gasteiger partial charge in [-0.1, -0.05) is 126 Å². The lowest BCUT2D eigenvalue weighted by Crippen LogP contribution is -2.13. The molecule has 68 heavy (non-hydrogen) atoms. The Kier molecular flexibility index (Phi) is 22.9. The zero-order valence-corrected chi connectivity index (χ0v) is 41.7. The summed E-state index contributed by atoms with van der Waals surface area (Å²) in [4.78, 5) is 0. The van der Waals surface area contributed by atoms with E-state index in [0.717, 1.165) is 67.8 Å². The third-order valence-corrected chi connectivity index (χ3v) is 16.5. The highest BCUT2D eigenvalue weighted by Crippen LogP contribution is 2.40. The first-order valence-electron chi connectivity index (χ1n) is 27.6. The first-order valence-corrected chi connectivity index (χ1v) is 27.6. The molecule has 0 bridgehead atoms.